The molecule has 0 unspecified atom stereocenters. The van der Waals surface area contributed by atoms with Crippen molar-refractivity contribution in [2.45, 2.75) is 13.5 Å². The molecular formula is C22H17N2. The minimum atomic E-state index is 0.557. The SMILES string of the molecule is [C]c1ccccc1-c1ccc(Cn2c(C)nc3ccccc32)cc1. The maximum Gasteiger partial charge on any atom is 0.107 e. The van der Waals surface area contributed by atoms with Crippen molar-refractivity contribution in [3.63, 3.8) is 0 Å². The molecule has 0 bridgehead atoms. The third-order valence-corrected chi connectivity index (χ3v) is 4.38. The minimum absolute atomic E-state index is 0.557. The van der Waals surface area contributed by atoms with Crippen LogP contribution in [-0.4, -0.2) is 9.55 Å². The van der Waals surface area contributed by atoms with Crippen LogP contribution in [0.5, 0.6) is 0 Å². The molecule has 0 amide bonds. The summed E-state index contributed by atoms with van der Waals surface area (Å²) in [5.74, 6) is 1.02. The van der Waals surface area contributed by atoms with Crippen LogP contribution in [0.15, 0.2) is 72.8 Å². The lowest BCUT2D eigenvalue weighted by Gasteiger charge is -2.09. The van der Waals surface area contributed by atoms with Crippen LogP contribution in [0.25, 0.3) is 22.2 Å². The number of para-hydroxylation sites is 2. The van der Waals surface area contributed by atoms with E-state index in [1.807, 2.05) is 49.4 Å². The van der Waals surface area contributed by atoms with E-state index in [1.165, 1.54) is 5.56 Å². The molecule has 0 spiro atoms. The van der Waals surface area contributed by atoms with Crippen molar-refractivity contribution in [2.24, 2.45) is 0 Å². The molecule has 4 rings (SSSR count). The number of hydrogen-bond acceptors (Lipinski definition) is 1. The topological polar surface area (TPSA) is 17.8 Å². The highest BCUT2D eigenvalue weighted by molar-refractivity contribution is 5.76. The molecular weight excluding hydrogens is 292 g/mol. The zero-order valence-corrected chi connectivity index (χ0v) is 13.5. The Morgan fingerprint density at radius 2 is 1.58 bits per heavy atom. The van der Waals surface area contributed by atoms with Gasteiger partial charge in [0.25, 0.3) is 0 Å². The lowest BCUT2D eigenvalue weighted by Crippen LogP contribution is -2.01. The molecule has 3 radical (unpaired) electrons. The van der Waals surface area contributed by atoms with Gasteiger partial charge in [0.2, 0.25) is 0 Å². The Morgan fingerprint density at radius 3 is 2.38 bits per heavy atom. The van der Waals surface area contributed by atoms with Gasteiger partial charge < -0.3 is 4.57 Å². The number of aromatic nitrogens is 2. The summed E-state index contributed by atoms with van der Waals surface area (Å²) in [5, 5.41) is 0. The molecule has 2 heteroatoms. The lowest BCUT2D eigenvalue weighted by atomic mass is 9.99. The maximum atomic E-state index is 8.03. The zero-order valence-electron chi connectivity index (χ0n) is 13.5. The molecule has 1 aromatic heterocycles. The van der Waals surface area contributed by atoms with Crippen molar-refractivity contribution >= 4 is 11.0 Å². The monoisotopic (exact) mass is 309 g/mol. The number of benzene rings is 3. The van der Waals surface area contributed by atoms with Gasteiger partial charge in [0, 0.05) is 13.5 Å². The van der Waals surface area contributed by atoms with Gasteiger partial charge in [-0.1, -0.05) is 60.7 Å². The first-order chi connectivity index (χ1) is 11.7. The van der Waals surface area contributed by atoms with Gasteiger partial charge in [-0.15, -0.1) is 0 Å². The quantitative estimate of drug-likeness (QED) is 0.521. The summed E-state index contributed by atoms with van der Waals surface area (Å²) in [7, 11) is 0. The Balaban J connectivity index is 1.66. The van der Waals surface area contributed by atoms with E-state index >= 15 is 0 Å². The molecule has 115 valence electrons. The van der Waals surface area contributed by atoms with E-state index in [2.05, 4.69) is 39.9 Å². The van der Waals surface area contributed by atoms with Crippen molar-refractivity contribution in [2.75, 3.05) is 0 Å². The molecule has 0 fully saturated rings. The van der Waals surface area contributed by atoms with Crippen molar-refractivity contribution in [1.29, 1.82) is 0 Å². The van der Waals surface area contributed by atoms with E-state index in [-0.39, 0.29) is 0 Å². The lowest BCUT2D eigenvalue weighted by molar-refractivity contribution is 0.786. The van der Waals surface area contributed by atoms with Gasteiger partial charge in [0.05, 0.1) is 11.0 Å². The van der Waals surface area contributed by atoms with Gasteiger partial charge in [-0.2, -0.15) is 0 Å². The van der Waals surface area contributed by atoms with Gasteiger partial charge in [0.1, 0.15) is 5.82 Å². The third-order valence-electron chi connectivity index (χ3n) is 4.38. The Hall–Kier alpha value is -2.87. The largest absolute Gasteiger partial charge is 0.324 e. The molecule has 1 heterocycles. The van der Waals surface area contributed by atoms with Crippen molar-refractivity contribution in [3.05, 3.63) is 96.7 Å². The third kappa shape index (κ3) is 2.61. The standard InChI is InChI=1S/C22H17N2/c1-16-7-3-4-8-20(16)19-13-11-18(12-14-19)15-24-17(2)23-21-9-5-6-10-22(21)24/h3-14H,15H2,2H3. The van der Waals surface area contributed by atoms with Crippen LogP contribution in [0.4, 0.5) is 0 Å². The van der Waals surface area contributed by atoms with Crippen LogP contribution in [0.2, 0.25) is 0 Å². The number of imidazole rings is 1. The number of hydrogen-bond donors (Lipinski definition) is 0. The van der Waals surface area contributed by atoms with Gasteiger partial charge >= 0.3 is 0 Å². The summed E-state index contributed by atoms with van der Waals surface area (Å²) in [5.41, 5.74) is 6.03. The van der Waals surface area contributed by atoms with E-state index < -0.39 is 0 Å². The Labute approximate surface area is 142 Å². The van der Waals surface area contributed by atoms with Crippen molar-refractivity contribution < 1.29 is 0 Å². The summed E-state index contributed by atoms with van der Waals surface area (Å²) >= 11 is 0. The average Bonchev–Trinajstić information content (AvgIpc) is 2.92. The molecule has 3 aromatic carbocycles. The van der Waals surface area contributed by atoms with Crippen molar-refractivity contribution in [3.8, 4) is 11.1 Å². The predicted molar refractivity (Wildman–Crippen MR) is 97.8 cm³/mol. The van der Waals surface area contributed by atoms with E-state index in [9.17, 15) is 0 Å². The average molecular weight is 309 g/mol. The number of rotatable bonds is 3. The molecule has 24 heavy (non-hydrogen) atoms. The van der Waals surface area contributed by atoms with Crippen LogP contribution in [0, 0.1) is 13.8 Å². The second kappa shape index (κ2) is 5.97. The Kier molecular flexibility index (Phi) is 3.66. The van der Waals surface area contributed by atoms with Gasteiger partial charge in [-0.05, 0) is 41.3 Å². The Morgan fingerprint density at radius 1 is 0.875 bits per heavy atom. The molecule has 0 aliphatic rings. The molecule has 0 atom stereocenters. The van der Waals surface area contributed by atoms with Crippen LogP contribution < -0.4 is 0 Å². The molecule has 0 aliphatic heterocycles. The normalized spacial score (nSPS) is 11.1. The number of fused-ring (bicyclic) bond motifs is 1. The molecule has 0 aliphatic carbocycles. The second-order valence-electron chi connectivity index (χ2n) is 5.98. The first kappa shape index (κ1) is 14.7. The predicted octanol–water partition coefficient (Wildman–Crippen LogP) is 5.00. The highest BCUT2D eigenvalue weighted by atomic mass is 15.1. The fourth-order valence-electron chi connectivity index (χ4n) is 3.10. The summed E-state index contributed by atoms with van der Waals surface area (Å²) in [6, 6.07) is 24.4. The Bertz CT molecular complexity index is 994. The van der Waals surface area contributed by atoms with Gasteiger partial charge in [-0.25, -0.2) is 4.98 Å². The number of aryl methyl sites for hydroxylation is 1. The summed E-state index contributed by atoms with van der Waals surface area (Å²) < 4.78 is 2.24. The molecule has 0 N–H and O–H groups in total. The van der Waals surface area contributed by atoms with E-state index in [0.29, 0.717) is 5.56 Å². The smallest absolute Gasteiger partial charge is 0.107 e. The van der Waals surface area contributed by atoms with E-state index in [0.717, 1.165) is 34.5 Å². The molecule has 0 saturated carbocycles. The van der Waals surface area contributed by atoms with Crippen molar-refractivity contribution in [1.82, 2.24) is 9.55 Å². The highest BCUT2D eigenvalue weighted by Crippen LogP contribution is 2.24. The van der Waals surface area contributed by atoms with Crippen LogP contribution in [-0.2, 0) is 6.54 Å². The van der Waals surface area contributed by atoms with Crippen LogP contribution in [0.1, 0.15) is 17.0 Å². The van der Waals surface area contributed by atoms with Gasteiger partial charge in [0.15, 0.2) is 0 Å². The fourth-order valence-corrected chi connectivity index (χ4v) is 3.10. The second-order valence-corrected chi connectivity index (χ2v) is 5.98. The van der Waals surface area contributed by atoms with E-state index in [1.54, 1.807) is 0 Å². The minimum Gasteiger partial charge on any atom is -0.324 e. The maximum absolute atomic E-state index is 8.03. The van der Waals surface area contributed by atoms with Crippen LogP contribution >= 0.6 is 0 Å². The molecule has 4 aromatic rings. The fraction of sp³-hybridized carbons (Fsp3) is 0.0909. The highest BCUT2D eigenvalue weighted by Gasteiger charge is 2.07. The van der Waals surface area contributed by atoms with Gasteiger partial charge in [-0.3, -0.25) is 0 Å². The summed E-state index contributed by atoms with van der Waals surface area (Å²) in [6.07, 6.45) is 0. The molecule has 0 saturated heterocycles. The van der Waals surface area contributed by atoms with E-state index in [4.69, 9.17) is 6.92 Å². The summed E-state index contributed by atoms with van der Waals surface area (Å²) in [6.45, 7) is 10.9. The number of nitrogens with zero attached hydrogens (tertiary/aromatic N) is 2. The van der Waals surface area contributed by atoms with Crippen LogP contribution in [0.3, 0.4) is 0 Å². The molecule has 2 nitrogen and oxygen atoms in total. The first-order valence-corrected chi connectivity index (χ1v) is 8.04. The zero-order chi connectivity index (χ0) is 16.5. The first-order valence-electron chi connectivity index (χ1n) is 8.04. The summed E-state index contributed by atoms with van der Waals surface area (Å²) in [4.78, 5) is 4.62.